The van der Waals surface area contributed by atoms with Crippen LogP contribution >= 0.6 is 0 Å². The standard InChI is InChI=1S/C17H19N3O3/c1-23-17(22)14-7-3-4-8-15(14)19-12-13(11-18)16(21)20-9-5-2-6-10-20/h3-4,7-8,12,19H,2,5-6,9-10H2,1H3/b13-12-. The fourth-order valence-corrected chi connectivity index (χ4v) is 2.46. The molecule has 0 aromatic heterocycles. The van der Waals surface area contributed by atoms with Gasteiger partial charge in [0, 0.05) is 19.3 Å². The van der Waals surface area contributed by atoms with Crippen LogP contribution in [-0.4, -0.2) is 37.0 Å². The number of benzene rings is 1. The maximum atomic E-state index is 12.3. The van der Waals surface area contributed by atoms with Gasteiger partial charge in [0.05, 0.1) is 18.4 Å². The number of para-hydroxylation sites is 1. The Balaban J connectivity index is 2.15. The second-order valence-corrected chi connectivity index (χ2v) is 5.20. The number of esters is 1. The van der Waals surface area contributed by atoms with E-state index >= 15 is 0 Å². The van der Waals surface area contributed by atoms with E-state index in [1.807, 2.05) is 6.07 Å². The van der Waals surface area contributed by atoms with Crippen molar-refractivity contribution >= 4 is 17.6 Å². The zero-order valence-corrected chi connectivity index (χ0v) is 13.0. The third kappa shape index (κ3) is 4.10. The van der Waals surface area contributed by atoms with Gasteiger partial charge in [-0.05, 0) is 31.4 Å². The van der Waals surface area contributed by atoms with Gasteiger partial charge >= 0.3 is 5.97 Å². The molecule has 1 aromatic rings. The van der Waals surface area contributed by atoms with Crippen LogP contribution in [0, 0.1) is 11.3 Å². The highest BCUT2D eigenvalue weighted by atomic mass is 16.5. The molecule has 1 fully saturated rings. The molecule has 1 heterocycles. The van der Waals surface area contributed by atoms with Crippen LogP contribution in [0.1, 0.15) is 29.6 Å². The molecule has 2 rings (SSSR count). The van der Waals surface area contributed by atoms with Gasteiger partial charge in [-0.1, -0.05) is 12.1 Å². The van der Waals surface area contributed by atoms with Crippen molar-refractivity contribution in [3.63, 3.8) is 0 Å². The van der Waals surface area contributed by atoms with Crippen LogP contribution in [0.4, 0.5) is 5.69 Å². The average molecular weight is 313 g/mol. The van der Waals surface area contributed by atoms with E-state index in [1.165, 1.54) is 13.3 Å². The largest absolute Gasteiger partial charge is 0.465 e. The minimum atomic E-state index is -0.484. The SMILES string of the molecule is COC(=O)c1ccccc1N/C=C(/C#N)C(=O)N1CCCCC1. The van der Waals surface area contributed by atoms with Crippen molar-refractivity contribution in [2.45, 2.75) is 19.3 Å². The lowest BCUT2D eigenvalue weighted by molar-refractivity contribution is -0.127. The number of hydrogen-bond donors (Lipinski definition) is 1. The highest BCUT2D eigenvalue weighted by molar-refractivity contribution is 5.98. The van der Waals surface area contributed by atoms with E-state index in [0.29, 0.717) is 24.3 Å². The monoisotopic (exact) mass is 313 g/mol. The first-order valence-electron chi connectivity index (χ1n) is 7.50. The number of anilines is 1. The van der Waals surface area contributed by atoms with E-state index in [1.54, 1.807) is 29.2 Å². The molecule has 1 aliphatic rings. The Morgan fingerprint density at radius 1 is 1.26 bits per heavy atom. The summed E-state index contributed by atoms with van der Waals surface area (Å²) in [6, 6.07) is 8.68. The summed E-state index contributed by atoms with van der Waals surface area (Å²) in [4.78, 5) is 25.7. The molecule has 0 saturated carbocycles. The number of nitrogens with one attached hydrogen (secondary N) is 1. The summed E-state index contributed by atoms with van der Waals surface area (Å²) < 4.78 is 4.71. The highest BCUT2D eigenvalue weighted by Gasteiger charge is 2.20. The number of ether oxygens (including phenoxy) is 1. The Morgan fingerprint density at radius 3 is 2.61 bits per heavy atom. The molecule has 1 N–H and O–H groups in total. The van der Waals surface area contributed by atoms with Gasteiger partial charge < -0.3 is 15.0 Å². The Hall–Kier alpha value is -2.81. The highest BCUT2D eigenvalue weighted by Crippen LogP contribution is 2.17. The zero-order valence-electron chi connectivity index (χ0n) is 13.0. The van der Waals surface area contributed by atoms with E-state index < -0.39 is 5.97 Å². The summed E-state index contributed by atoms with van der Waals surface area (Å²) >= 11 is 0. The first-order valence-corrected chi connectivity index (χ1v) is 7.50. The Kier molecular flexibility index (Phi) is 5.75. The molecule has 23 heavy (non-hydrogen) atoms. The maximum absolute atomic E-state index is 12.3. The second-order valence-electron chi connectivity index (χ2n) is 5.20. The predicted octanol–water partition coefficient (Wildman–Crippen LogP) is 2.31. The molecule has 120 valence electrons. The van der Waals surface area contributed by atoms with Crippen molar-refractivity contribution in [1.29, 1.82) is 5.26 Å². The van der Waals surface area contributed by atoms with Crippen LogP contribution in [0.25, 0.3) is 0 Å². The molecular formula is C17H19N3O3. The van der Waals surface area contributed by atoms with Gasteiger partial charge in [0.25, 0.3) is 5.91 Å². The Morgan fingerprint density at radius 2 is 1.96 bits per heavy atom. The molecule has 0 spiro atoms. The first kappa shape index (κ1) is 16.6. The molecule has 6 nitrogen and oxygen atoms in total. The van der Waals surface area contributed by atoms with E-state index in [2.05, 4.69) is 5.32 Å². The van der Waals surface area contributed by atoms with E-state index in [4.69, 9.17) is 4.74 Å². The number of methoxy groups -OCH3 is 1. The predicted molar refractivity (Wildman–Crippen MR) is 85.5 cm³/mol. The minimum Gasteiger partial charge on any atom is -0.465 e. The lowest BCUT2D eigenvalue weighted by Gasteiger charge is -2.26. The number of carbonyl (C=O) groups excluding carboxylic acids is 2. The summed E-state index contributed by atoms with van der Waals surface area (Å²) in [5.41, 5.74) is 0.846. The number of likely N-dealkylation sites (tertiary alicyclic amines) is 1. The molecular weight excluding hydrogens is 294 g/mol. The van der Waals surface area contributed by atoms with Crippen molar-refractivity contribution in [1.82, 2.24) is 4.90 Å². The molecule has 0 unspecified atom stereocenters. The molecule has 0 atom stereocenters. The van der Waals surface area contributed by atoms with E-state index in [0.717, 1.165) is 19.3 Å². The minimum absolute atomic E-state index is 0.0200. The fraction of sp³-hybridized carbons (Fsp3) is 0.353. The van der Waals surface area contributed by atoms with Crippen LogP contribution in [0.2, 0.25) is 0 Å². The molecule has 1 saturated heterocycles. The van der Waals surface area contributed by atoms with Gasteiger partial charge in [0.1, 0.15) is 11.6 Å². The summed E-state index contributed by atoms with van der Waals surface area (Å²) in [5.74, 6) is -0.766. The van der Waals surface area contributed by atoms with Crippen LogP contribution in [-0.2, 0) is 9.53 Å². The van der Waals surface area contributed by atoms with Crippen molar-refractivity contribution in [2.75, 3.05) is 25.5 Å². The van der Waals surface area contributed by atoms with Gasteiger partial charge in [-0.3, -0.25) is 4.79 Å². The normalized spacial score (nSPS) is 14.8. The molecule has 1 aliphatic heterocycles. The second kappa shape index (κ2) is 7.99. The van der Waals surface area contributed by atoms with E-state index in [-0.39, 0.29) is 11.5 Å². The van der Waals surface area contributed by atoms with Crippen molar-refractivity contribution in [3.8, 4) is 6.07 Å². The first-order chi connectivity index (χ1) is 11.2. The summed E-state index contributed by atoms with van der Waals surface area (Å²) in [6.45, 7) is 1.35. The van der Waals surface area contributed by atoms with Gasteiger partial charge in [-0.2, -0.15) is 5.26 Å². The molecule has 1 aromatic carbocycles. The summed E-state index contributed by atoms with van der Waals surface area (Å²) in [5, 5.41) is 12.1. The fourth-order valence-electron chi connectivity index (χ4n) is 2.46. The van der Waals surface area contributed by atoms with E-state index in [9.17, 15) is 14.9 Å². The number of rotatable bonds is 4. The number of amides is 1. The van der Waals surface area contributed by atoms with Crippen LogP contribution in [0.15, 0.2) is 36.0 Å². The lowest BCUT2D eigenvalue weighted by Crippen LogP contribution is -2.36. The van der Waals surface area contributed by atoms with Crippen LogP contribution in [0.5, 0.6) is 0 Å². The number of nitriles is 1. The molecule has 0 bridgehead atoms. The number of nitrogens with zero attached hydrogens (tertiary/aromatic N) is 2. The third-order valence-electron chi connectivity index (χ3n) is 3.70. The molecule has 0 radical (unpaired) electrons. The topological polar surface area (TPSA) is 82.4 Å². The summed E-state index contributed by atoms with van der Waals surface area (Å²) in [6.07, 6.45) is 4.38. The van der Waals surface area contributed by atoms with Gasteiger partial charge in [0.15, 0.2) is 0 Å². The number of hydrogen-bond acceptors (Lipinski definition) is 5. The van der Waals surface area contributed by atoms with Crippen molar-refractivity contribution in [2.24, 2.45) is 0 Å². The zero-order chi connectivity index (χ0) is 16.7. The van der Waals surface area contributed by atoms with Crippen molar-refractivity contribution < 1.29 is 14.3 Å². The Labute approximate surface area is 135 Å². The molecule has 1 amide bonds. The van der Waals surface area contributed by atoms with Gasteiger partial charge in [0.2, 0.25) is 0 Å². The smallest absolute Gasteiger partial charge is 0.339 e. The average Bonchev–Trinajstić information content (AvgIpc) is 2.62. The van der Waals surface area contributed by atoms with Gasteiger partial charge in [-0.15, -0.1) is 0 Å². The third-order valence-corrected chi connectivity index (χ3v) is 3.70. The summed E-state index contributed by atoms with van der Waals surface area (Å²) in [7, 11) is 1.30. The van der Waals surface area contributed by atoms with Crippen LogP contribution < -0.4 is 5.32 Å². The number of piperidine rings is 1. The maximum Gasteiger partial charge on any atom is 0.339 e. The van der Waals surface area contributed by atoms with Crippen LogP contribution in [0.3, 0.4) is 0 Å². The quantitative estimate of drug-likeness (QED) is 0.524. The van der Waals surface area contributed by atoms with Crippen molar-refractivity contribution in [3.05, 3.63) is 41.6 Å². The van der Waals surface area contributed by atoms with Gasteiger partial charge in [-0.25, -0.2) is 4.79 Å². The molecule has 0 aliphatic carbocycles. The Bertz CT molecular complexity index is 655. The molecule has 6 heteroatoms. The number of carbonyl (C=O) groups is 2. The lowest BCUT2D eigenvalue weighted by atomic mass is 10.1.